The van der Waals surface area contributed by atoms with Crippen LogP contribution >= 0.6 is 23.2 Å². The van der Waals surface area contributed by atoms with E-state index in [0.717, 1.165) is 12.0 Å². The predicted molar refractivity (Wildman–Crippen MR) is 88.3 cm³/mol. The molecule has 0 aliphatic rings. The monoisotopic (exact) mass is 335 g/mol. The Kier molecular flexibility index (Phi) is 6.02. The van der Waals surface area contributed by atoms with Gasteiger partial charge in [0, 0.05) is 18.7 Å². The van der Waals surface area contributed by atoms with Crippen molar-refractivity contribution in [3.8, 4) is 6.07 Å². The van der Waals surface area contributed by atoms with Crippen molar-refractivity contribution in [2.24, 2.45) is 0 Å². The van der Waals surface area contributed by atoms with Gasteiger partial charge in [0.2, 0.25) is 0 Å². The van der Waals surface area contributed by atoms with Crippen LogP contribution in [0.15, 0.2) is 36.4 Å². The molecule has 0 bridgehead atoms. The average molecular weight is 336 g/mol. The van der Waals surface area contributed by atoms with Crippen molar-refractivity contribution in [3.05, 3.63) is 57.7 Å². The summed E-state index contributed by atoms with van der Waals surface area (Å²) in [4.78, 5) is 4.21. The van der Waals surface area contributed by atoms with Gasteiger partial charge in [-0.05, 0) is 36.2 Å². The lowest BCUT2D eigenvalue weighted by molar-refractivity contribution is 0.190. The Morgan fingerprint density at radius 2 is 1.95 bits per heavy atom. The minimum atomic E-state index is -0.00237. The number of nitrogens with zero attached hydrogens (tertiary/aromatic N) is 2. The summed E-state index contributed by atoms with van der Waals surface area (Å²) in [5.41, 5.74) is 1.27. The minimum absolute atomic E-state index is 0.00237. The Morgan fingerprint density at radius 3 is 2.59 bits per heavy atom. The molecule has 1 N–H and O–H groups in total. The fourth-order valence-corrected chi connectivity index (χ4v) is 2.31. The highest BCUT2D eigenvalue weighted by atomic mass is 35.5. The number of halogens is 2. The summed E-state index contributed by atoms with van der Waals surface area (Å²) in [7, 11) is 1.66. The van der Waals surface area contributed by atoms with Crippen LogP contribution in [0, 0.1) is 11.3 Å². The molecule has 22 heavy (non-hydrogen) atoms. The molecule has 6 heteroatoms. The summed E-state index contributed by atoms with van der Waals surface area (Å²) < 4.78 is 5.16. The summed E-state index contributed by atoms with van der Waals surface area (Å²) in [5.74, 6) is 0.594. The number of methoxy groups -OCH3 is 1. The van der Waals surface area contributed by atoms with E-state index in [0.29, 0.717) is 22.5 Å². The highest BCUT2D eigenvalue weighted by molar-refractivity contribution is 6.31. The van der Waals surface area contributed by atoms with Gasteiger partial charge >= 0.3 is 0 Å². The zero-order valence-corrected chi connectivity index (χ0v) is 13.5. The van der Waals surface area contributed by atoms with E-state index in [2.05, 4.69) is 10.3 Å². The van der Waals surface area contributed by atoms with Crippen molar-refractivity contribution in [1.82, 2.24) is 4.98 Å². The molecule has 0 aliphatic heterocycles. The van der Waals surface area contributed by atoms with Crippen LogP contribution in [0.25, 0.3) is 0 Å². The van der Waals surface area contributed by atoms with Gasteiger partial charge in [0.05, 0.1) is 11.1 Å². The first-order valence-corrected chi connectivity index (χ1v) is 7.47. The number of pyridine rings is 1. The topological polar surface area (TPSA) is 57.9 Å². The van der Waals surface area contributed by atoms with E-state index in [1.807, 2.05) is 30.3 Å². The first-order chi connectivity index (χ1) is 10.6. The van der Waals surface area contributed by atoms with Crippen LogP contribution in [0.1, 0.15) is 23.7 Å². The van der Waals surface area contributed by atoms with Crippen LogP contribution in [0.4, 0.5) is 5.82 Å². The maximum atomic E-state index is 9.01. The largest absolute Gasteiger partial charge is 0.385 e. The Morgan fingerprint density at radius 1 is 1.23 bits per heavy atom. The van der Waals surface area contributed by atoms with Gasteiger partial charge in [0.25, 0.3) is 0 Å². The van der Waals surface area contributed by atoms with Crippen molar-refractivity contribution in [1.29, 1.82) is 5.26 Å². The molecule has 1 atom stereocenters. The molecule has 1 heterocycles. The van der Waals surface area contributed by atoms with E-state index in [4.69, 9.17) is 33.2 Å². The zero-order chi connectivity index (χ0) is 15.9. The molecule has 2 aromatic rings. The molecule has 0 radical (unpaired) electrons. The Balaban J connectivity index is 2.23. The normalized spacial score (nSPS) is 11.7. The summed E-state index contributed by atoms with van der Waals surface area (Å²) in [5, 5.41) is 13.3. The second-order valence-corrected chi connectivity index (χ2v) is 5.51. The summed E-state index contributed by atoms with van der Waals surface area (Å²) >= 11 is 11.8. The van der Waals surface area contributed by atoms with E-state index in [1.165, 1.54) is 0 Å². The van der Waals surface area contributed by atoms with Gasteiger partial charge < -0.3 is 10.1 Å². The molecule has 0 saturated carbocycles. The molecule has 0 aliphatic carbocycles. The number of hydrogen-bond acceptors (Lipinski definition) is 4. The van der Waals surface area contributed by atoms with Crippen molar-refractivity contribution in [2.75, 3.05) is 19.0 Å². The minimum Gasteiger partial charge on any atom is -0.385 e. The first kappa shape index (κ1) is 16.6. The van der Waals surface area contributed by atoms with Crippen LogP contribution in [0.5, 0.6) is 0 Å². The van der Waals surface area contributed by atoms with Gasteiger partial charge in [-0.25, -0.2) is 4.98 Å². The number of nitriles is 1. The quantitative estimate of drug-likeness (QED) is 0.847. The van der Waals surface area contributed by atoms with E-state index in [-0.39, 0.29) is 11.7 Å². The van der Waals surface area contributed by atoms with Crippen molar-refractivity contribution in [2.45, 2.75) is 12.5 Å². The van der Waals surface area contributed by atoms with Gasteiger partial charge in [0.1, 0.15) is 11.9 Å². The highest BCUT2D eigenvalue weighted by Gasteiger charge is 2.13. The number of aromatic nitrogens is 1. The van der Waals surface area contributed by atoms with Crippen LogP contribution in [-0.4, -0.2) is 18.7 Å². The molecule has 0 fully saturated rings. The molecule has 2 rings (SSSR count). The molecule has 0 saturated heterocycles. The van der Waals surface area contributed by atoms with Gasteiger partial charge in [-0.1, -0.05) is 35.3 Å². The lowest BCUT2D eigenvalue weighted by Gasteiger charge is -2.20. The number of ether oxygens (including phenoxy) is 1. The van der Waals surface area contributed by atoms with Gasteiger partial charge in [-0.3, -0.25) is 0 Å². The van der Waals surface area contributed by atoms with Gasteiger partial charge in [-0.15, -0.1) is 0 Å². The molecular formula is C16H15Cl2N3O. The second kappa shape index (κ2) is 8.00. The third-order valence-corrected chi connectivity index (χ3v) is 3.71. The number of hydrogen-bond donors (Lipinski definition) is 1. The molecular weight excluding hydrogens is 321 g/mol. The first-order valence-electron chi connectivity index (χ1n) is 6.71. The maximum Gasteiger partial charge on any atom is 0.161 e. The smallest absolute Gasteiger partial charge is 0.161 e. The van der Waals surface area contributed by atoms with E-state index in [1.54, 1.807) is 19.2 Å². The Bertz CT molecular complexity index is 668. The lowest BCUT2D eigenvalue weighted by Crippen LogP contribution is -2.14. The Hall–Kier alpha value is -1.80. The van der Waals surface area contributed by atoms with Crippen molar-refractivity contribution >= 4 is 29.0 Å². The number of anilines is 1. The molecule has 0 spiro atoms. The fourth-order valence-electron chi connectivity index (χ4n) is 2.03. The number of rotatable bonds is 6. The molecule has 114 valence electrons. The van der Waals surface area contributed by atoms with Crippen molar-refractivity contribution in [3.63, 3.8) is 0 Å². The summed E-state index contributed by atoms with van der Waals surface area (Å²) in [6.07, 6.45) is 0.754. The summed E-state index contributed by atoms with van der Waals surface area (Å²) in [6.45, 7) is 0.596. The van der Waals surface area contributed by atoms with Crippen LogP contribution in [0.3, 0.4) is 0 Å². The third-order valence-electron chi connectivity index (χ3n) is 3.16. The number of benzene rings is 1. The standard InChI is InChI=1S/C16H15Cl2N3O/c1-22-9-8-14(11-2-4-12(17)5-3-11)20-16-7-6-13(18)15(10-19)21-16/h2-7,14H,8-9H2,1H3,(H,20,21). The van der Waals surface area contributed by atoms with E-state index >= 15 is 0 Å². The maximum absolute atomic E-state index is 9.01. The molecule has 4 nitrogen and oxygen atoms in total. The fraction of sp³-hybridized carbons (Fsp3) is 0.250. The molecule has 1 aromatic carbocycles. The second-order valence-electron chi connectivity index (χ2n) is 4.67. The molecule has 0 amide bonds. The average Bonchev–Trinajstić information content (AvgIpc) is 2.54. The predicted octanol–water partition coefficient (Wildman–Crippen LogP) is 4.45. The SMILES string of the molecule is COCCC(Nc1ccc(Cl)c(C#N)n1)c1ccc(Cl)cc1. The Labute approximate surface area is 139 Å². The zero-order valence-electron chi connectivity index (χ0n) is 12.0. The highest BCUT2D eigenvalue weighted by Crippen LogP contribution is 2.25. The van der Waals surface area contributed by atoms with Crippen LogP contribution in [-0.2, 0) is 4.74 Å². The molecule has 1 unspecified atom stereocenters. The van der Waals surface area contributed by atoms with Gasteiger partial charge in [0.15, 0.2) is 5.69 Å². The third kappa shape index (κ3) is 4.35. The molecule has 1 aromatic heterocycles. The van der Waals surface area contributed by atoms with E-state index in [9.17, 15) is 0 Å². The lowest BCUT2D eigenvalue weighted by atomic mass is 10.0. The summed E-state index contributed by atoms with van der Waals surface area (Å²) in [6, 6.07) is 13.0. The number of nitrogens with one attached hydrogen (secondary N) is 1. The van der Waals surface area contributed by atoms with E-state index < -0.39 is 0 Å². The van der Waals surface area contributed by atoms with Crippen LogP contribution in [0.2, 0.25) is 10.0 Å². The van der Waals surface area contributed by atoms with Crippen LogP contribution < -0.4 is 5.32 Å². The van der Waals surface area contributed by atoms with Crippen molar-refractivity contribution < 1.29 is 4.74 Å². The van der Waals surface area contributed by atoms with Gasteiger partial charge in [-0.2, -0.15) is 5.26 Å².